The second kappa shape index (κ2) is 11.7. The molecule has 37 heavy (non-hydrogen) atoms. The summed E-state index contributed by atoms with van der Waals surface area (Å²) in [5.74, 6) is -0.711. The Morgan fingerprint density at radius 2 is 1.68 bits per heavy atom. The van der Waals surface area contributed by atoms with E-state index in [1.807, 2.05) is 6.92 Å². The van der Waals surface area contributed by atoms with E-state index in [0.29, 0.717) is 43.9 Å². The van der Waals surface area contributed by atoms with Crippen molar-refractivity contribution in [2.75, 3.05) is 11.5 Å². The molecule has 1 aliphatic rings. The SMILES string of the molecule is CCOc1cc(/C=C2\C(=O)NC(=O)N(c3ccc(Br)cc3)C2=O)cc(Br)c1OCc1ccc(Cl)c(Cl)c1. The molecule has 4 rings (SSSR count). The number of anilines is 1. The minimum atomic E-state index is -0.822. The summed E-state index contributed by atoms with van der Waals surface area (Å²) >= 11 is 18.9. The Hall–Kier alpha value is -2.85. The van der Waals surface area contributed by atoms with Gasteiger partial charge in [0.15, 0.2) is 11.5 Å². The first kappa shape index (κ1) is 27.2. The number of rotatable bonds is 7. The number of nitrogens with zero attached hydrogens (tertiary/aromatic N) is 1. The second-order valence-corrected chi connectivity index (χ2v) is 10.3. The summed E-state index contributed by atoms with van der Waals surface area (Å²) in [7, 11) is 0. The first-order chi connectivity index (χ1) is 17.7. The quantitative estimate of drug-likeness (QED) is 0.213. The summed E-state index contributed by atoms with van der Waals surface area (Å²) in [4.78, 5) is 39.1. The molecule has 0 saturated carbocycles. The summed E-state index contributed by atoms with van der Waals surface area (Å²) in [5, 5.41) is 3.08. The Labute approximate surface area is 239 Å². The fourth-order valence-electron chi connectivity index (χ4n) is 3.51. The normalized spacial score (nSPS) is 14.7. The summed E-state index contributed by atoms with van der Waals surface area (Å²) in [6.07, 6.45) is 1.39. The number of hydrogen-bond donors (Lipinski definition) is 1. The van der Waals surface area contributed by atoms with Gasteiger partial charge in [0.1, 0.15) is 12.2 Å². The van der Waals surface area contributed by atoms with Crippen LogP contribution in [0.2, 0.25) is 10.0 Å². The molecule has 7 nitrogen and oxygen atoms in total. The lowest BCUT2D eigenvalue weighted by molar-refractivity contribution is -0.122. The van der Waals surface area contributed by atoms with E-state index in [2.05, 4.69) is 37.2 Å². The third-order valence-corrected chi connectivity index (χ3v) is 7.05. The molecule has 0 radical (unpaired) electrons. The number of halogens is 4. The van der Waals surface area contributed by atoms with E-state index in [-0.39, 0.29) is 12.2 Å². The number of amides is 4. The average molecular weight is 669 g/mol. The highest BCUT2D eigenvalue weighted by molar-refractivity contribution is 9.10. The smallest absolute Gasteiger partial charge is 0.335 e. The number of barbiturate groups is 1. The first-order valence-electron chi connectivity index (χ1n) is 10.9. The zero-order valence-corrected chi connectivity index (χ0v) is 23.9. The van der Waals surface area contributed by atoms with Crippen molar-refractivity contribution in [3.05, 3.63) is 90.3 Å². The molecule has 0 aliphatic carbocycles. The fourth-order valence-corrected chi connectivity index (χ4v) is 4.67. The monoisotopic (exact) mass is 666 g/mol. The number of hydrogen-bond acceptors (Lipinski definition) is 5. The van der Waals surface area contributed by atoms with Gasteiger partial charge >= 0.3 is 6.03 Å². The molecule has 4 amide bonds. The van der Waals surface area contributed by atoms with Crippen LogP contribution in [0.3, 0.4) is 0 Å². The van der Waals surface area contributed by atoms with Crippen molar-refractivity contribution in [1.29, 1.82) is 0 Å². The van der Waals surface area contributed by atoms with Gasteiger partial charge in [-0.25, -0.2) is 9.69 Å². The van der Waals surface area contributed by atoms with Gasteiger partial charge in [0, 0.05) is 4.47 Å². The topological polar surface area (TPSA) is 84.9 Å². The van der Waals surface area contributed by atoms with Crippen LogP contribution in [0.1, 0.15) is 18.1 Å². The Morgan fingerprint density at radius 1 is 0.946 bits per heavy atom. The van der Waals surface area contributed by atoms with Crippen molar-refractivity contribution >= 4 is 84.7 Å². The van der Waals surface area contributed by atoms with Crippen LogP contribution in [0.25, 0.3) is 6.08 Å². The van der Waals surface area contributed by atoms with Crippen LogP contribution in [0.4, 0.5) is 10.5 Å². The highest BCUT2D eigenvalue weighted by Gasteiger charge is 2.36. The van der Waals surface area contributed by atoms with E-state index in [9.17, 15) is 14.4 Å². The molecule has 3 aromatic rings. The Morgan fingerprint density at radius 3 is 2.35 bits per heavy atom. The Balaban J connectivity index is 1.65. The van der Waals surface area contributed by atoms with E-state index in [1.165, 1.54) is 6.08 Å². The molecular weight excluding hydrogens is 651 g/mol. The molecule has 0 unspecified atom stereocenters. The summed E-state index contributed by atoms with van der Waals surface area (Å²) in [6.45, 7) is 2.36. The average Bonchev–Trinajstić information content (AvgIpc) is 2.84. The van der Waals surface area contributed by atoms with Crippen LogP contribution in [0, 0.1) is 0 Å². The number of imide groups is 2. The predicted molar refractivity (Wildman–Crippen MR) is 149 cm³/mol. The van der Waals surface area contributed by atoms with Crippen molar-refractivity contribution in [2.45, 2.75) is 13.5 Å². The van der Waals surface area contributed by atoms with Gasteiger partial charge in [0.2, 0.25) is 0 Å². The van der Waals surface area contributed by atoms with E-state index >= 15 is 0 Å². The van der Waals surface area contributed by atoms with Gasteiger partial charge in [-0.1, -0.05) is 45.2 Å². The lowest BCUT2D eigenvalue weighted by Gasteiger charge is -2.26. The zero-order chi connectivity index (χ0) is 26.7. The number of urea groups is 1. The van der Waals surface area contributed by atoms with Gasteiger partial charge in [0.05, 0.1) is 26.8 Å². The molecule has 0 atom stereocenters. The van der Waals surface area contributed by atoms with Crippen LogP contribution in [0.15, 0.2) is 69.1 Å². The first-order valence-corrected chi connectivity index (χ1v) is 13.2. The molecular formula is C26H18Br2Cl2N2O5. The Kier molecular flexibility index (Phi) is 8.59. The molecule has 0 bridgehead atoms. The van der Waals surface area contributed by atoms with Crippen LogP contribution in [-0.4, -0.2) is 24.5 Å². The maximum absolute atomic E-state index is 13.2. The minimum absolute atomic E-state index is 0.196. The standard InChI is InChI=1S/C26H18Br2Cl2N2O5/c1-2-36-22-12-15(10-19(28)23(22)37-13-14-3-8-20(29)21(30)11-14)9-18-24(33)31-26(35)32(25(18)34)17-6-4-16(27)5-7-17/h3-12H,2,13H2,1H3,(H,31,33,35)/b18-9+. The van der Waals surface area contributed by atoms with Gasteiger partial charge in [-0.3, -0.25) is 14.9 Å². The summed E-state index contributed by atoms with van der Waals surface area (Å²) in [6, 6.07) is 14.3. The number of carbonyl (C=O) groups excluding carboxylic acids is 3. The van der Waals surface area contributed by atoms with Crippen molar-refractivity contribution < 1.29 is 23.9 Å². The minimum Gasteiger partial charge on any atom is -0.490 e. The lowest BCUT2D eigenvalue weighted by Crippen LogP contribution is -2.54. The van der Waals surface area contributed by atoms with Crippen LogP contribution in [0.5, 0.6) is 11.5 Å². The van der Waals surface area contributed by atoms with Crippen LogP contribution < -0.4 is 19.7 Å². The number of benzene rings is 3. The predicted octanol–water partition coefficient (Wildman–Crippen LogP) is 7.16. The van der Waals surface area contributed by atoms with Crippen molar-refractivity contribution in [3.8, 4) is 11.5 Å². The van der Waals surface area contributed by atoms with E-state index in [4.69, 9.17) is 32.7 Å². The molecule has 0 aromatic heterocycles. The zero-order valence-electron chi connectivity index (χ0n) is 19.2. The maximum Gasteiger partial charge on any atom is 0.335 e. The largest absolute Gasteiger partial charge is 0.490 e. The Bertz CT molecular complexity index is 1430. The molecule has 1 fully saturated rings. The highest BCUT2D eigenvalue weighted by Crippen LogP contribution is 2.38. The molecule has 1 heterocycles. The van der Waals surface area contributed by atoms with Gasteiger partial charge in [-0.15, -0.1) is 0 Å². The van der Waals surface area contributed by atoms with E-state index in [0.717, 1.165) is 14.9 Å². The third kappa shape index (κ3) is 6.18. The van der Waals surface area contributed by atoms with Crippen LogP contribution in [-0.2, 0) is 16.2 Å². The van der Waals surface area contributed by atoms with Crippen molar-refractivity contribution in [2.24, 2.45) is 0 Å². The summed E-state index contributed by atoms with van der Waals surface area (Å²) < 4.78 is 13.1. The van der Waals surface area contributed by atoms with Gasteiger partial charge in [-0.2, -0.15) is 0 Å². The van der Waals surface area contributed by atoms with Crippen molar-refractivity contribution in [3.63, 3.8) is 0 Å². The fraction of sp³-hybridized carbons (Fsp3) is 0.115. The third-order valence-electron chi connectivity index (χ3n) is 5.20. The lowest BCUT2D eigenvalue weighted by atomic mass is 10.1. The molecule has 190 valence electrons. The number of ether oxygens (including phenoxy) is 2. The molecule has 3 aromatic carbocycles. The summed E-state index contributed by atoms with van der Waals surface area (Å²) in [5.41, 5.74) is 1.41. The molecule has 1 N–H and O–H groups in total. The highest BCUT2D eigenvalue weighted by atomic mass is 79.9. The molecule has 1 saturated heterocycles. The molecule has 11 heteroatoms. The molecule has 1 aliphatic heterocycles. The maximum atomic E-state index is 13.2. The second-order valence-electron chi connectivity index (χ2n) is 7.73. The number of nitrogens with one attached hydrogen (secondary N) is 1. The van der Waals surface area contributed by atoms with Gasteiger partial charge in [-0.05, 0) is 88.6 Å². The van der Waals surface area contributed by atoms with E-state index in [1.54, 1.807) is 54.6 Å². The van der Waals surface area contributed by atoms with Gasteiger partial charge < -0.3 is 9.47 Å². The van der Waals surface area contributed by atoms with Crippen molar-refractivity contribution in [1.82, 2.24) is 5.32 Å². The van der Waals surface area contributed by atoms with Crippen LogP contribution >= 0.6 is 55.1 Å². The number of carbonyl (C=O) groups is 3. The van der Waals surface area contributed by atoms with E-state index < -0.39 is 17.8 Å². The van der Waals surface area contributed by atoms with Gasteiger partial charge in [0.25, 0.3) is 11.8 Å². The molecule has 0 spiro atoms.